The number of hydrogen-bond donors (Lipinski definition) is 1. The number of anilines is 1. The van der Waals surface area contributed by atoms with Crippen LogP contribution in [-0.2, 0) is 17.5 Å². The maximum Gasteiger partial charge on any atom is 0.416 e. The van der Waals surface area contributed by atoms with Gasteiger partial charge in [-0.15, -0.1) is 0 Å². The lowest BCUT2D eigenvalue weighted by Gasteiger charge is -2.18. The summed E-state index contributed by atoms with van der Waals surface area (Å²) in [7, 11) is 4.72. The molecular weight excluding hydrogens is 361 g/mol. The van der Waals surface area contributed by atoms with Gasteiger partial charge in [-0.25, -0.2) is 0 Å². The first-order valence-electron chi connectivity index (χ1n) is 8.09. The van der Waals surface area contributed by atoms with Crippen molar-refractivity contribution < 1.29 is 27.4 Å². The molecule has 0 bridgehead atoms. The van der Waals surface area contributed by atoms with Gasteiger partial charge in [0.1, 0.15) is 11.5 Å². The highest BCUT2D eigenvalue weighted by Crippen LogP contribution is 2.30. The van der Waals surface area contributed by atoms with E-state index in [-0.39, 0.29) is 12.5 Å². The third-order valence-corrected chi connectivity index (χ3v) is 3.83. The minimum Gasteiger partial charge on any atom is -0.497 e. The minimum atomic E-state index is -4.36. The number of nitrogens with zero attached hydrogens (tertiary/aromatic N) is 1. The zero-order chi connectivity index (χ0) is 20.0. The van der Waals surface area contributed by atoms with Gasteiger partial charge in [0.15, 0.2) is 0 Å². The number of carbonyl (C=O) groups is 1. The molecule has 0 aliphatic rings. The van der Waals surface area contributed by atoms with Crippen LogP contribution in [0.4, 0.5) is 18.9 Å². The molecule has 0 radical (unpaired) electrons. The van der Waals surface area contributed by atoms with Crippen molar-refractivity contribution in [2.24, 2.45) is 0 Å². The number of likely N-dealkylation sites (N-methyl/N-ethyl adjacent to an activating group) is 1. The second-order valence-corrected chi connectivity index (χ2v) is 5.98. The van der Waals surface area contributed by atoms with Gasteiger partial charge in [0.2, 0.25) is 5.91 Å². The van der Waals surface area contributed by atoms with Crippen LogP contribution in [0.1, 0.15) is 11.1 Å². The number of benzene rings is 2. The summed E-state index contributed by atoms with van der Waals surface area (Å²) in [5, 5.41) is 2.75. The van der Waals surface area contributed by atoms with Gasteiger partial charge in [0.05, 0.1) is 32.0 Å². The zero-order valence-corrected chi connectivity index (χ0v) is 15.3. The van der Waals surface area contributed by atoms with Gasteiger partial charge in [-0.05, 0) is 36.9 Å². The molecule has 0 saturated heterocycles. The number of methoxy groups -OCH3 is 2. The topological polar surface area (TPSA) is 50.8 Å². The Morgan fingerprint density at radius 2 is 1.74 bits per heavy atom. The van der Waals surface area contributed by atoms with Crippen molar-refractivity contribution in [3.63, 3.8) is 0 Å². The normalized spacial score (nSPS) is 11.4. The molecule has 2 rings (SSSR count). The zero-order valence-electron chi connectivity index (χ0n) is 15.3. The van der Waals surface area contributed by atoms with E-state index in [0.717, 1.165) is 12.1 Å². The molecule has 0 aliphatic carbocycles. The van der Waals surface area contributed by atoms with Crippen molar-refractivity contribution in [1.82, 2.24) is 4.90 Å². The molecule has 0 heterocycles. The van der Waals surface area contributed by atoms with Crippen molar-refractivity contribution in [3.05, 3.63) is 53.6 Å². The molecule has 1 amide bonds. The van der Waals surface area contributed by atoms with Crippen LogP contribution in [0.5, 0.6) is 11.5 Å². The molecule has 0 aliphatic heterocycles. The maximum absolute atomic E-state index is 12.6. The van der Waals surface area contributed by atoms with Crippen LogP contribution in [0.15, 0.2) is 42.5 Å². The quantitative estimate of drug-likeness (QED) is 0.792. The Labute approximate surface area is 155 Å². The Morgan fingerprint density at radius 3 is 2.30 bits per heavy atom. The van der Waals surface area contributed by atoms with Crippen LogP contribution in [0.3, 0.4) is 0 Å². The Bertz CT molecular complexity index is 777. The molecule has 0 spiro atoms. The summed E-state index contributed by atoms with van der Waals surface area (Å²) in [4.78, 5) is 14.0. The lowest BCUT2D eigenvalue weighted by atomic mass is 10.1. The molecule has 0 unspecified atom stereocenters. The maximum atomic E-state index is 12.6. The van der Waals surface area contributed by atoms with Crippen LogP contribution < -0.4 is 14.8 Å². The number of rotatable bonds is 7. The van der Waals surface area contributed by atoms with Crippen LogP contribution in [0, 0.1) is 0 Å². The average Bonchev–Trinajstić information content (AvgIpc) is 2.61. The molecule has 2 aromatic rings. The first-order chi connectivity index (χ1) is 12.7. The average molecular weight is 382 g/mol. The Morgan fingerprint density at radius 1 is 1.07 bits per heavy atom. The van der Waals surface area contributed by atoms with Gasteiger partial charge in [0.25, 0.3) is 0 Å². The van der Waals surface area contributed by atoms with E-state index in [0.29, 0.717) is 29.3 Å². The van der Waals surface area contributed by atoms with E-state index in [4.69, 9.17) is 9.47 Å². The SMILES string of the molecule is COc1ccc(OC)c(NC(=O)CN(C)Cc2ccc(C(F)(F)F)cc2)c1. The molecular formula is C19H21F3N2O3. The van der Waals surface area contributed by atoms with Gasteiger partial charge < -0.3 is 14.8 Å². The summed E-state index contributed by atoms with van der Waals surface area (Å²) in [6, 6.07) is 9.91. The van der Waals surface area contributed by atoms with E-state index in [1.807, 2.05) is 0 Å². The second kappa shape index (κ2) is 8.77. The molecule has 0 aromatic heterocycles. The monoisotopic (exact) mass is 382 g/mol. The standard InChI is InChI=1S/C19H21F3N2O3/c1-24(11-13-4-6-14(7-5-13)19(20,21)22)12-18(25)23-16-10-15(26-2)8-9-17(16)27-3/h4-10H,11-12H2,1-3H3,(H,23,25). The summed E-state index contributed by atoms with van der Waals surface area (Å²) in [5.41, 5.74) is 0.457. The fourth-order valence-corrected chi connectivity index (χ4v) is 2.51. The molecule has 146 valence electrons. The van der Waals surface area contributed by atoms with E-state index in [9.17, 15) is 18.0 Å². The van der Waals surface area contributed by atoms with Crippen molar-refractivity contribution in [1.29, 1.82) is 0 Å². The number of halogens is 3. The minimum absolute atomic E-state index is 0.0569. The molecule has 27 heavy (non-hydrogen) atoms. The van der Waals surface area contributed by atoms with Gasteiger partial charge in [-0.3, -0.25) is 9.69 Å². The molecule has 0 saturated carbocycles. The van der Waals surface area contributed by atoms with Crippen LogP contribution in [0.2, 0.25) is 0 Å². The van der Waals surface area contributed by atoms with Gasteiger partial charge in [-0.1, -0.05) is 12.1 Å². The van der Waals surface area contributed by atoms with Crippen LogP contribution >= 0.6 is 0 Å². The van der Waals surface area contributed by atoms with Crippen molar-refractivity contribution in [3.8, 4) is 11.5 Å². The summed E-state index contributed by atoms with van der Waals surface area (Å²) in [6.07, 6.45) is -4.36. The van der Waals surface area contributed by atoms with Crippen molar-refractivity contribution >= 4 is 11.6 Å². The number of amides is 1. The highest BCUT2D eigenvalue weighted by molar-refractivity contribution is 5.93. The van der Waals surface area contributed by atoms with Crippen LogP contribution in [0.25, 0.3) is 0 Å². The summed E-state index contributed by atoms with van der Waals surface area (Å²) in [5.74, 6) is 0.787. The second-order valence-electron chi connectivity index (χ2n) is 5.98. The van der Waals surface area contributed by atoms with Crippen molar-refractivity contribution in [2.75, 3.05) is 33.1 Å². The number of carbonyl (C=O) groups excluding carboxylic acids is 1. The highest BCUT2D eigenvalue weighted by Gasteiger charge is 2.29. The lowest BCUT2D eigenvalue weighted by molar-refractivity contribution is -0.137. The number of nitrogens with one attached hydrogen (secondary N) is 1. The predicted molar refractivity (Wildman–Crippen MR) is 96.0 cm³/mol. The van der Waals surface area contributed by atoms with Gasteiger partial charge in [0, 0.05) is 12.6 Å². The summed E-state index contributed by atoms with van der Waals surface area (Å²) in [6.45, 7) is 0.391. The van der Waals surface area contributed by atoms with E-state index >= 15 is 0 Å². The van der Waals surface area contributed by atoms with Crippen LogP contribution in [-0.4, -0.2) is 38.6 Å². The first-order valence-corrected chi connectivity index (χ1v) is 8.09. The number of ether oxygens (including phenoxy) is 2. The Kier molecular flexibility index (Phi) is 6.68. The molecule has 8 heteroatoms. The largest absolute Gasteiger partial charge is 0.497 e. The van der Waals surface area contributed by atoms with Gasteiger partial charge in [-0.2, -0.15) is 13.2 Å². The third-order valence-electron chi connectivity index (χ3n) is 3.83. The fraction of sp³-hybridized carbons (Fsp3) is 0.316. The predicted octanol–water partition coefficient (Wildman–Crippen LogP) is 3.79. The molecule has 2 aromatic carbocycles. The van der Waals surface area contributed by atoms with E-state index < -0.39 is 11.7 Å². The Hall–Kier alpha value is -2.74. The third kappa shape index (κ3) is 5.89. The number of alkyl halides is 3. The summed E-state index contributed by atoms with van der Waals surface area (Å²) >= 11 is 0. The van der Waals surface area contributed by atoms with E-state index in [1.54, 1.807) is 30.1 Å². The Balaban J connectivity index is 1.96. The van der Waals surface area contributed by atoms with E-state index in [1.165, 1.54) is 26.4 Å². The van der Waals surface area contributed by atoms with Crippen molar-refractivity contribution in [2.45, 2.75) is 12.7 Å². The molecule has 0 fully saturated rings. The van der Waals surface area contributed by atoms with E-state index in [2.05, 4.69) is 5.32 Å². The lowest BCUT2D eigenvalue weighted by Crippen LogP contribution is -2.30. The molecule has 0 atom stereocenters. The first kappa shape index (κ1) is 20.6. The smallest absolute Gasteiger partial charge is 0.416 e. The highest BCUT2D eigenvalue weighted by atomic mass is 19.4. The molecule has 1 N–H and O–H groups in total. The summed E-state index contributed by atoms with van der Waals surface area (Å²) < 4.78 is 48.1. The van der Waals surface area contributed by atoms with Gasteiger partial charge >= 0.3 is 6.18 Å². The number of hydrogen-bond acceptors (Lipinski definition) is 4. The fourth-order valence-electron chi connectivity index (χ4n) is 2.51. The molecule has 5 nitrogen and oxygen atoms in total.